The molecule has 0 spiro atoms. The van der Waals surface area contributed by atoms with Gasteiger partial charge >= 0.3 is 6.18 Å². The minimum atomic E-state index is -4.30. The number of aryl methyl sites for hydroxylation is 1. The molecule has 0 saturated carbocycles. The zero-order valence-electron chi connectivity index (χ0n) is 9.02. The second-order valence-electron chi connectivity index (χ2n) is 3.73. The topological polar surface area (TPSA) is 12.9 Å². The molecule has 0 radical (unpaired) electrons. The normalized spacial score (nSPS) is 14.0. The fourth-order valence-corrected chi connectivity index (χ4v) is 1.45. The fraction of sp³-hybridized carbons (Fsp3) is 0.545. The molecule has 1 heterocycles. The molecule has 15 heavy (non-hydrogen) atoms. The van der Waals surface area contributed by atoms with Crippen molar-refractivity contribution < 1.29 is 13.2 Å². The quantitative estimate of drug-likeness (QED) is 0.731. The highest BCUT2D eigenvalue weighted by atomic mass is 19.4. The van der Waals surface area contributed by atoms with E-state index in [0.717, 1.165) is 24.4 Å². The smallest absolute Gasteiger partial charge is 0.260 e. The summed E-state index contributed by atoms with van der Waals surface area (Å²) >= 11 is 0. The Balaban J connectivity index is 3.09. The number of pyridine rings is 1. The van der Waals surface area contributed by atoms with Gasteiger partial charge in [0, 0.05) is 11.9 Å². The summed E-state index contributed by atoms with van der Waals surface area (Å²) in [5.74, 6) is 0.201. The zero-order chi connectivity index (χ0) is 11.6. The maximum absolute atomic E-state index is 12.3. The van der Waals surface area contributed by atoms with Gasteiger partial charge in [0.2, 0.25) is 0 Å². The highest BCUT2D eigenvalue weighted by molar-refractivity contribution is 5.27. The van der Waals surface area contributed by atoms with Crippen LogP contribution >= 0.6 is 0 Å². The molecular weight excluding hydrogens is 203 g/mol. The summed E-state index contributed by atoms with van der Waals surface area (Å²) in [6.45, 7) is 5.62. The summed E-state index contributed by atoms with van der Waals surface area (Å²) < 4.78 is 37.0. The van der Waals surface area contributed by atoms with Gasteiger partial charge in [-0.15, -0.1) is 0 Å². The van der Waals surface area contributed by atoms with E-state index in [1.54, 1.807) is 6.92 Å². The van der Waals surface area contributed by atoms with Crippen LogP contribution in [-0.4, -0.2) is 4.98 Å². The monoisotopic (exact) mass is 217 g/mol. The summed E-state index contributed by atoms with van der Waals surface area (Å²) in [6.07, 6.45) is -2.51. The van der Waals surface area contributed by atoms with Crippen molar-refractivity contribution in [2.24, 2.45) is 0 Å². The minimum absolute atomic E-state index is 0.201. The second kappa shape index (κ2) is 4.21. The molecule has 0 amide bonds. The molecule has 4 heteroatoms. The Morgan fingerprint density at radius 2 is 2.00 bits per heavy atom. The summed E-state index contributed by atoms with van der Waals surface area (Å²) in [7, 11) is 0. The third-order valence-corrected chi connectivity index (χ3v) is 2.53. The van der Waals surface area contributed by atoms with Crippen molar-refractivity contribution in [2.75, 3.05) is 0 Å². The lowest BCUT2D eigenvalue weighted by molar-refractivity contribution is -0.137. The number of halogens is 3. The van der Waals surface area contributed by atoms with Crippen LogP contribution in [0.4, 0.5) is 13.2 Å². The number of hydrogen-bond donors (Lipinski definition) is 0. The van der Waals surface area contributed by atoms with Gasteiger partial charge in [-0.2, -0.15) is 13.2 Å². The van der Waals surface area contributed by atoms with Gasteiger partial charge in [-0.1, -0.05) is 13.8 Å². The van der Waals surface area contributed by atoms with E-state index in [4.69, 9.17) is 0 Å². The third kappa shape index (κ3) is 2.70. The molecule has 1 aromatic heterocycles. The molecule has 84 valence electrons. The average Bonchev–Trinajstić information content (AvgIpc) is 2.15. The van der Waals surface area contributed by atoms with E-state index >= 15 is 0 Å². The van der Waals surface area contributed by atoms with Gasteiger partial charge < -0.3 is 0 Å². The second-order valence-corrected chi connectivity index (χ2v) is 3.73. The predicted molar refractivity (Wildman–Crippen MR) is 52.7 cm³/mol. The van der Waals surface area contributed by atoms with Crippen molar-refractivity contribution in [3.05, 3.63) is 29.1 Å². The van der Waals surface area contributed by atoms with Crippen LogP contribution in [0.3, 0.4) is 0 Å². The molecule has 0 saturated heterocycles. The first-order valence-electron chi connectivity index (χ1n) is 4.90. The molecule has 0 aromatic carbocycles. The van der Waals surface area contributed by atoms with Crippen molar-refractivity contribution in [3.63, 3.8) is 0 Å². The van der Waals surface area contributed by atoms with Gasteiger partial charge in [-0.25, -0.2) is 0 Å². The van der Waals surface area contributed by atoms with Crippen LogP contribution in [-0.2, 0) is 6.18 Å². The number of rotatable bonds is 2. The van der Waals surface area contributed by atoms with Crippen molar-refractivity contribution in [1.29, 1.82) is 0 Å². The summed E-state index contributed by atoms with van der Waals surface area (Å²) in [6, 6.07) is 1.16. The lowest BCUT2D eigenvalue weighted by Crippen LogP contribution is -2.08. The van der Waals surface area contributed by atoms with Crippen molar-refractivity contribution in [1.82, 2.24) is 4.98 Å². The van der Waals surface area contributed by atoms with E-state index < -0.39 is 11.7 Å². The first kappa shape index (κ1) is 12.0. The van der Waals surface area contributed by atoms with E-state index in [1.165, 1.54) is 0 Å². The lowest BCUT2D eigenvalue weighted by Gasteiger charge is -2.13. The highest BCUT2D eigenvalue weighted by Gasteiger charge is 2.31. The minimum Gasteiger partial charge on any atom is -0.260 e. The first-order valence-corrected chi connectivity index (χ1v) is 4.90. The predicted octanol–water partition coefficient (Wildman–Crippen LogP) is 3.92. The van der Waals surface area contributed by atoms with Crippen LogP contribution in [0.25, 0.3) is 0 Å². The third-order valence-electron chi connectivity index (χ3n) is 2.53. The molecule has 0 N–H and O–H groups in total. The molecule has 1 atom stereocenters. The summed E-state index contributed by atoms with van der Waals surface area (Å²) in [5, 5.41) is 0. The van der Waals surface area contributed by atoms with Gasteiger partial charge in [0.25, 0.3) is 0 Å². The van der Waals surface area contributed by atoms with E-state index in [1.807, 2.05) is 13.8 Å². The fourth-order valence-electron chi connectivity index (χ4n) is 1.45. The van der Waals surface area contributed by atoms with E-state index in [9.17, 15) is 13.2 Å². The van der Waals surface area contributed by atoms with Crippen molar-refractivity contribution >= 4 is 0 Å². The maximum Gasteiger partial charge on any atom is 0.417 e. The van der Waals surface area contributed by atoms with Crippen molar-refractivity contribution in [2.45, 2.75) is 39.3 Å². The molecule has 0 bridgehead atoms. The molecule has 0 aliphatic heterocycles. The Bertz CT molecular complexity index is 344. The molecule has 0 aliphatic carbocycles. The molecule has 1 aromatic rings. The first-order chi connectivity index (χ1) is 6.86. The Morgan fingerprint density at radius 1 is 1.40 bits per heavy atom. The average molecular weight is 217 g/mol. The number of nitrogens with zero attached hydrogens (tertiary/aromatic N) is 1. The number of aromatic nitrogens is 1. The zero-order valence-corrected chi connectivity index (χ0v) is 9.02. The molecule has 0 aliphatic rings. The van der Waals surface area contributed by atoms with Crippen LogP contribution < -0.4 is 0 Å². The Hall–Kier alpha value is -1.06. The standard InChI is InChI=1S/C11H14F3N/c1-4-7(2)10-8(3)5-9(6-15-10)11(12,13)14/h5-7H,4H2,1-3H3. The number of hydrogen-bond acceptors (Lipinski definition) is 1. The Labute approximate surface area is 87.3 Å². The van der Waals surface area contributed by atoms with Gasteiger partial charge in [0.15, 0.2) is 0 Å². The Morgan fingerprint density at radius 3 is 2.40 bits per heavy atom. The van der Waals surface area contributed by atoms with Crippen LogP contribution in [0.15, 0.2) is 12.3 Å². The van der Waals surface area contributed by atoms with E-state index in [0.29, 0.717) is 5.56 Å². The molecule has 0 fully saturated rings. The molecule has 1 unspecified atom stereocenters. The van der Waals surface area contributed by atoms with Gasteiger partial charge in [-0.05, 0) is 30.9 Å². The van der Waals surface area contributed by atoms with Crippen molar-refractivity contribution in [3.8, 4) is 0 Å². The van der Waals surface area contributed by atoms with Gasteiger partial charge in [-0.3, -0.25) is 4.98 Å². The SMILES string of the molecule is CCC(C)c1ncc(C(F)(F)F)cc1C. The van der Waals surface area contributed by atoms with Crippen LogP contribution in [0.1, 0.15) is 43.0 Å². The van der Waals surface area contributed by atoms with Gasteiger partial charge in [0.05, 0.1) is 5.56 Å². The Kier molecular flexibility index (Phi) is 3.37. The molecular formula is C11H14F3N. The summed E-state index contributed by atoms with van der Waals surface area (Å²) in [5.41, 5.74) is 0.691. The van der Waals surface area contributed by atoms with E-state index in [2.05, 4.69) is 4.98 Å². The lowest BCUT2D eigenvalue weighted by atomic mass is 9.99. The van der Waals surface area contributed by atoms with Gasteiger partial charge in [0.1, 0.15) is 0 Å². The maximum atomic E-state index is 12.3. The highest BCUT2D eigenvalue weighted by Crippen LogP contribution is 2.31. The summed E-state index contributed by atoms with van der Waals surface area (Å²) in [4.78, 5) is 3.90. The largest absolute Gasteiger partial charge is 0.417 e. The number of alkyl halides is 3. The van der Waals surface area contributed by atoms with E-state index in [-0.39, 0.29) is 5.92 Å². The molecule has 1 rings (SSSR count). The van der Waals surface area contributed by atoms with Crippen LogP contribution in [0.2, 0.25) is 0 Å². The van der Waals surface area contributed by atoms with Crippen LogP contribution in [0.5, 0.6) is 0 Å². The van der Waals surface area contributed by atoms with Crippen LogP contribution in [0, 0.1) is 6.92 Å². The molecule has 1 nitrogen and oxygen atoms in total.